The van der Waals surface area contributed by atoms with Crippen LogP contribution in [0.3, 0.4) is 0 Å². The normalized spacial score (nSPS) is 17.2. The number of primary amides is 1. The molecule has 3 aromatic heterocycles. The van der Waals surface area contributed by atoms with Gasteiger partial charge in [-0.3, -0.25) is 9.89 Å². The Labute approximate surface area is 180 Å². The summed E-state index contributed by atoms with van der Waals surface area (Å²) in [5, 5.41) is 6.74. The molecule has 0 aromatic carbocycles. The molecule has 9 heteroatoms. The zero-order valence-corrected chi connectivity index (χ0v) is 17.3. The lowest BCUT2D eigenvalue weighted by Gasteiger charge is -2.33. The van der Waals surface area contributed by atoms with Gasteiger partial charge in [0.25, 0.3) is 5.91 Å². The fraction of sp³-hybridized carbons (Fsp3) is 0.409. The van der Waals surface area contributed by atoms with Crippen LogP contribution in [0, 0.1) is 0 Å². The maximum Gasteiger partial charge on any atom is 0.285 e. The van der Waals surface area contributed by atoms with Crippen LogP contribution in [0.25, 0.3) is 22.5 Å². The summed E-state index contributed by atoms with van der Waals surface area (Å²) >= 11 is 0. The first-order chi connectivity index (χ1) is 15.2. The number of ether oxygens (including phenoxy) is 1. The van der Waals surface area contributed by atoms with E-state index >= 15 is 0 Å². The molecule has 0 saturated carbocycles. The molecule has 2 saturated heterocycles. The van der Waals surface area contributed by atoms with E-state index in [1.54, 1.807) is 12.4 Å². The highest BCUT2D eigenvalue weighted by molar-refractivity contribution is 6.00. The van der Waals surface area contributed by atoms with E-state index in [1.165, 1.54) is 6.42 Å². The Morgan fingerprint density at radius 1 is 1.00 bits per heavy atom. The topological polar surface area (TPSA) is 114 Å². The lowest BCUT2D eigenvalue weighted by molar-refractivity contribution is 0.0975. The first kappa shape index (κ1) is 19.6. The number of nitrogens with one attached hydrogen (secondary N) is 1. The molecule has 9 nitrogen and oxygen atoms in total. The summed E-state index contributed by atoms with van der Waals surface area (Å²) in [6.07, 6.45) is 8.73. The molecule has 2 aliphatic rings. The van der Waals surface area contributed by atoms with Crippen LogP contribution in [0.5, 0.6) is 0 Å². The van der Waals surface area contributed by atoms with Gasteiger partial charge in [0.15, 0.2) is 5.76 Å². The van der Waals surface area contributed by atoms with Gasteiger partial charge in [-0.15, -0.1) is 0 Å². The fourth-order valence-electron chi connectivity index (χ4n) is 4.31. The molecule has 0 bridgehead atoms. The van der Waals surface area contributed by atoms with Gasteiger partial charge in [0, 0.05) is 61.5 Å². The van der Waals surface area contributed by atoms with E-state index in [2.05, 4.69) is 26.1 Å². The molecule has 162 valence electrons. The molecule has 31 heavy (non-hydrogen) atoms. The summed E-state index contributed by atoms with van der Waals surface area (Å²) in [7, 11) is 0. The Hall–Kier alpha value is -3.33. The summed E-state index contributed by atoms with van der Waals surface area (Å²) in [5.41, 5.74) is 9.00. The van der Waals surface area contributed by atoms with Crippen LogP contribution in [-0.4, -0.2) is 60.5 Å². The lowest BCUT2D eigenvalue weighted by Crippen LogP contribution is -2.37. The van der Waals surface area contributed by atoms with Gasteiger partial charge in [-0.25, -0.2) is 4.98 Å². The molecule has 1 amide bonds. The van der Waals surface area contributed by atoms with Crippen molar-refractivity contribution in [3.8, 4) is 22.5 Å². The van der Waals surface area contributed by atoms with Gasteiger partial charge in [-0.1, -0.05) is 0 Å². The highest BCUT2D eigenvalue weighted by Gasteiger charge is 2.25. The van der Waals surface area contributed by atoms with Crippen molar-refractivity contribution < 1.29 is 13.9 Å². The van der Waals surface area contributed by atoms with E-state index in [1.807, 2.05) is 12.3 Å². The number of anilines is 2. The minimum atomic E-state index is -0.605. The molecule has 5 heterocycles. The maximum atomic E-state index is 12.2. The molecule has 0 spiro atoms. The average molecular weight is 422 g/mol. The van der Waals surface area contributed by atoms with Gasteiger partial charge in [-0.2, -0.15) is 5.10 Å². The van der Waals surface area contributed by atoms with Crippen molar-refractivity contribution in [1.29, 1.82) is 0 Å². The minimum Gasteiger partial charge on any atom is -0.450 e. The zero-order chi connectivity index (χ0) is 21.2. The number of furan rings is 1. The largest absolute Gasteiger partial charge is 0.450 e. The summed E-state index contributed by atoms with van der Waals surface area (Å²) in [6, 6.07) is 3.98. The van der Waals surface area contributed by atoms with E-state index in [0.29, 0.717) is 24.5 Å². The van der Waals surface area contributed by atoms with Crippen LogP contribution < -0.4 is 15.5 Å². The summed E-state index contributed by atoms with van der Waals surface area (Å²) in [5.74, 6) is 0.994. The zero-order valence-electron chi connectivity index (χ0n) is 17.3. The van der Waals surface area contributed by atoms with Crippen molar-refractivity contribution in [2.24, 2.45) is 5.73 Å². The number of morpholine rings is 1. The number of carbonyl (C=O) groups is 1. The van der Waals surface area contributed by atoms with Crippen molar-refractivity contribution in [1.82, 2.24) is 15.2 Å². The molecule has 0 unspecified atom stereocenters. The summed E-state index contributed by atoms with van der Waals surface area (Å²) in [6.45, 7) is 4.97. The summed E-state index contributed by atoms with van der Waals surface area (Å²) in [4.78, 5) is 21.6. The van der Waals surface area contributed by atoms with E-state index in [-0.39, 0.29) is 5.76 Å². The number of H-pyrrole nitrogens is 1. The number of hydrogen-bond acceptors (Lipinski definition) is 7. The molecular weight excluding hydrogens is 396 g/mol. The number of aromatic nitrogens is 3. The second kappa shape index (κ2) is 8.43. The third-order valence-corrected chi connectivity index (χ3v) is 5.93. The molecule has 0 aliphatic carbocycles. The van der Waals surface area contributed by atoms with Gasteiger partial charge in [0.2, 0.25) is 0 Å². The molecule has 2 aliphatic heterocycles. The number of amides is 1. The van der Waals surface area contributed by atoms with Crippen LogP contribution in [0.2, 0.25) is 0 Å². The Morgan fingerprint density at radius 2 is 1.81 bits per heavy atom. The lowest BCUT2D eigenvalue weighted by atomic mass is 10.0. The summed E-state index contributed by atoms with van der Waals surface area (Å²) < 4.78 is 11.3. The minimum absolute atomic E-state index is 0.135. The highest BCUT2D eigenvalue weighted by atomic mass is 16.5. The van der Waals surface area contributed by atoms with Crippen LogP contribution in [0.1, 0.15) is 29.8 Å². The van der Waals surface area contributed by atoms with E-state index in [0.717, 1.165) is 61.7 Å². The molecular formula is C22H26N6O3. The van der Waals surface area contributed by atoms with Gasteiger partial charge < -0.3 is 24.7 Å². The van der Waals surface area contributed by atoms with Crippen LogP contribution in [0.15, 0.2) is 35.1 Å². The maximum absolute atomic E-state index is 12.2. The van der Waals surface area contributed by atoms with Crippen LogP contribution in [-0.2, 0) is 4.74 Å². The fourth-order valence-corrected chi connectivity index (χ4v) is 4.31. The number of carbonyl (C=O) groups excluding carboxylic acids is 1. The Bertz CT molecular complexity index is 1050. The van der Waals surface area contributed by atoms with E-state index in [4.69, 9.17) is 19.9 Å². The van der Waals surface area contributed by atoms with Crippen LogP contribution >= 0.6 is 0 Å². The Balaban J connectivity index is 1.61. The third kappa shape index (κ3) is 3.88. The van der Waals surface area contributed by atoms with Gasteiger partial charge in [-0.05, 0) is 25.3 Å². The Morgan fingerprint density at radius 3 is 2.52 bits per heavy atom. The van der Waals surface area contributed by atoms with Crippen molar-refractivity contribution >= 4 is 17.4 Å². The second-order valence-corrected chi connectivity index (χ2v) is 7.91. The first-order valence-corrected chi connectivity index (χ1v) is 10.7. The second-order valence-electron chi connectivity index (χ2n) is 7.91. The number of piperidine rings is 1. The smallest absolute Gasteiger partial charge is 0.285 e. The molecule has 3 aromatic rings. The predicted molar refractivity (Wildman–Crippen MR) is 117 cm³/mol. The van der Waals surface area contributed by atoms with Crippen molar-refractivity contribution in [2.75, 3.05) is 49.2 Å². The van der Waals surface area contributed by atoms with E-state index in [9.17, 15) is 4.79 Å². The molecule has 5 rings (SSSR count). The van der Waals surface area contributed by atoms with Crippen molar-refractivity contribution in [3.63, 3.8) is 0 Å². The molecule has 2 fully saturated rings. The Kier molecular flexibility index (Phi) is 5.33. The number of nitrogens with two attached hydrogens (primary N) is 1. The quantitative estimate of drug-likeness (QED) is 0.650. The molecule has 0 atom stereocenters. The molecule has 3 N–H and O–H groups in total. The SMILES string of the molecule is NC(=O)c1oc(-c2cn[nH]c2)cc1-c1cnc(N2CCOCC2)cc1N1CCCCC1. The number of pyridine rings is 1. The van der Waals surface area contributed by atoms with E-state index < -0.39 is 5.91 Å². The number of hydrogen-bond donors (Lipinski definition) is 2. The van der Waals surface area contributed by atoms with Gasteiger partial charge >= 0.3 is 0 Å². The predicted octanol–water partition coefficient (Wildman–Crippen LogP) is 2.66. The standard InChI is InChI=1S/C22H26N6O3/c23-22(29)21-16(10-19(31-21)15-12-25-26-13-15)17-14-24-20(28-6-8-30-9-7-28)11-18(17)27-4-2-1-3-5-27/h10-14H,1-9H2,(H2,23,29)(H,25,26). The third-order valence-electron chi connectivity index (χ3n) is 5.93. The highest BCUT2D eigenvalue weighted by Crippen LogP contribution is 2.39. The average Bonchev–Trinajstić information content (AvgIpc) is 3.50. The monoisotopic (exact) mass is 422 g/mol. The van der Waals surface area contributed by atoms with Crippen LogP contribution in [0.4, 0.5) is 11.5 Å². The van der Waals surface area contributed by atoms with Crippen molar-refractivity contribution in [2.45, 2.75) is 19.3 Å². The number of aromatic amines is 1. The van der Waals surface area contributed by atoms with Gasteiger partial charge in [0.1, 0.15) is 11.6 Å². The number of rotatable bonds is 5. The van der Waals surface area contributed by atoms with Gasteiger partial charge in [0.05, 0.1) is 25.0 Å². The number of nitrogens with zero attached hydrogens (tertiary/aromatic N) is 4. The molecule has 0 radical (unpaired) electrons. The first-order valence-electron chi connectivity index (χ1n) is 10.7. The van der Waals surface area contributed by atoms with Crippen molar-refractivity contribution in [3.05, 3.63) is 36.5 Å².